The van der Waals surface area contributed by atoms with Crippen LogP contribution in [0.3, 0.4) is 0 Å². The molecule has 120 valence electrons. The lowest BCUT2D eigenvalue weighted by Crippen LogP contribution is -2.27. The molecule has 2 aliphatic rings. The summed E-state index contributed by atoms with van der Waals surface area (Å²) in [7, 11) is 0. The molecule has 4 rings (SSSR count). The molecule has 0 amide bonds. The molecule has 0 spiro atoms. The Hall–Kier alpha value is -1.29. The summed E-state index contributed by atoms with van der Waals surface area (Å²) in [6, 6.07) is 13.9. The van der Waals surface area contributed by atoms with Crippen LogP contribution in [-0.4, -0.2) is 10.9 Å². The number of alkyl halides is 2. The first kappa shape index (κ1) is 15.3. The molecule has 0 aromatic heterocycles. The quantitative estimate of drug-likeness (QED) is 0.724. The molecule has 1 saturated carbocycles. The molecule has 3 atom stereocenters. The minimum Gasteiger partial charge on any atom is -0.485 e. The minimum absolute atomic E-state index is 0.251. The van der Waals surface area contributed by atoms with Crippen LogP contribution in [0.2, 0.25) is 0 Å². The monoisotopic (exact) mass is 352 g/mol. The van der Waals surface area contributed by atoms with Crippen LogP contribution in [-0.2, 0) is 10.3 Å². The Morgan fingerprint density at radius 1 is 1.13 bits per heavy atom. The second-order valence-electron chi connectivity index (χ2n) is 5.86. The second kappa shape index (κ2) is 5.10. The summed E-state index contributed by atoms with van der Waals surface area (Å²) in [4.78, 5) is 0. The first-order valence-corrected chi connectivity index (χ1v) is 8.31. The van der Waals surface area contributed by atoms with Gasteiger partial charge in [0.1, 0.15) is 23.3 Å². The molecule has 2 aromatic carbocycles. The Kier molecular flexibility index (Phi) is 3.38. The highest BCUT2D eigenvalue weighted by molar-refractivity contribution is 6.52. The molecule has 2 aromatic rings. The zero-order valence-electron chi connectivity index (χ0n) is 12.4. The fourth-order valence-electron chi connectivity index (χ4n) is 3.64. The van der Waals surface area contributed by atoms with Gasteiger partial charge in [0.2, 0.25) is 0 Å². The molecular weight excluding hydrogens is 338 g/mol. The van der Waals surface area contributed by atoms with Gasteiger partial charge >= 0.3 is 0 Å². The maximum absolute atomic E-state index is 13.2. The number of rotatable bonds is 3. The fourth-order valence-corrected chi connectivity index (χ4v) is 4.62. The van der Waals surface area contributed by atoms with E-state index in [1.807, 2.05) is 31.2 Å². The summed E-state index contributed by atoms with van der Waals surface area (Å²) < 4.78 is 24.3. The van der Waals surface area contributed by atoms with Crippen LogP contribution in [0.5, 0.6) is 5.75 Å². The van der Waals surface area contributed by atoms with Crippen LogP contribution < -0.4 is 4.74 Å². The lowest BCUT2D eigenvalue weighted by molar-refractivity contribution is -0.0119. The molecule has 0 N–H and O–H groups in total. The number of hydrogen-bond donors (Lipinski definition) is 0. The number of fused-ring (bicyclic) bond motifs is 3. The SMILES string of the molecule is CCO[C@]12c3ccccc3O[C@H](c3ccc(F)cc3)[C@@H]1C2(Cl)Cl. The van der Waals surface area contributed by atoms with Crippen molar-refractivity contribution < 1.29 is 13.9 Å². The average Bonchev–Trinajstić information content (AvgIpc) is 3.05. The third-order valence-electron chi connectivity index (χ3n) is 4.65. The highest BCUT2D eigenvalue weighted by Gasteiger charge is 2.83. The van der Waals surface area contributed by atoms with E-state index in [9.17, 15) is 4.39 Å². The summed E-state index contributed by atoms with van der Waals surface area (Å²) in [5, 5.41) is 0. The van der Waals surface area contributed by atoms with E-state index in [0.29, 0.717) is 12.4 Å². The predicted molar refractivity (Wildman–Crippen MR) is 87.4 cm³/mol. The van der Waals surface area contributed by atoms with Crippen molar-refractivity contribution in [3.05, 3.63) is 65.5 Å². The molecule has 2 nitrogen and oxygen atoms in total. The van der Waals surface area contributed by atoms with Crippen molar-refractivity contribution in [2.24, 2.45) is 5.92 Å². The Bertz CT molecular complexity index is 747. The van der Waals surface area contributed by atoms with Crippen LogP contribution in [0.1, 0.15) is 24.2 Å². The maximum Gasteiger partial charge on any atom is 0.161 e. The van der Waals surface area contributed by atoms with Gasteiger partial charge in [-0.1, -0.05) is 53.5 Å². The summed E-state index contributed by atoms with van der Waals surface area (Å²) >= 11 is 13.3. The first-order valence-electron chi connectivity index (χ1n) is 7.55. The third kappa shape index (κ3) is 1.97. The molecule has 0 radical (unpaired) electrons. The van der Waals surface area contributed by atoms with Crippen molar-refractivity contribution >= 4 is 23.2 Å². The van der Waals surface area contributed by atoms with E-state index in [2.05, 4.69) is 0 Å². The van der Waals surface area contributed by atoms with Crippen molar-refractivity contribution in [3.63, 3.8) is 0 Å². The van der Waals surface area contributed by atoms with Gasteiger partial charge in [-0.2, -0.15) is 0 Å². The molecule has 5 heteroatoms. The first-order chi connectivity index (χ1) is 11.0. The Labute approximate surface area is 144 Å². The summed E-state index contributed by atoms with van der Waals surface area (Å²) in [6.07, 6.45) is -0.382. The van der Waals surface area contributed by atoms with E-state index in [0.717, 1.165) is 11.1 Å². The Balaban J connectivity index is 1.85. The summed E-state index contributed by atoms with van der Waals surface area (Å²) in [6.45, 7) is 2.40. The minimum atomic E-state index is -1.09. The highest BCUT2D eigenvalue weighted by Crippen LogP contribution is 2.77. The van der Waals surface area contributed by atoms with Gasteiger partial charge in [-0.15, -0.1) is 0 Å². The molecule has 23 heavy (non-hydrogen) atoms. The largest absolute Gasteiger partial charge is 0.485 e. The molecule has 1 aliphatic carbocycles. The second-order valence-corrected chi connectivity index (χ2v) is 7.24. The van der Waals surface area contributed by atoms with Crippen molar-refractivity contribution in [1.29, 1.82) is 0 Å². The zero-order chi connectivity index (χ0) is 16.2. The van der Waals surface area contributed by atoms with Gasteiger partial charge in [-0.05, 0) is 30.7 Å². The Morgan fingerprint density at radius 2 is 1.83 bits per heavy atom. The normalized spacial score (nSPS) is 30.1. The smallest absolute Gasteiger partial charge is 0.161 e. The van der Waals surface area contributed by atoms with Crippen molar-refractivity contribution in [3.8, 4) is 5.75 Å². The van der Waals surface area contributed by atoms with E-state index >= 15 is 0 Å². The van der Waals surface area contributed by atoms with Crippen molar-refractivity contribution in [1.82, 2.24) is 0 Å². The van der Waals surface area contributed by atoms with Gasteiger partial charge in [-0.3, -0.25) is 0 Å². The number of para-hydroxylation sites is 1. The molecule has 1 heterocycles. The van der Waals surface area contributed by atoms with E-state index in [1.54, 1.807) is 12.1 Å². The standard InChI is InChI=1S/C18H15Cl2FO2/c1-2-22-17-13-5-3-4-6-14(13)23-15(16(17)18(17,19)20)11-7-9-12(21)10-8-11/h3-10,15-16H,2H2,1H3/t15-,16+,17-/m1/s1. The zero-order valence-corrected chi connectivity index (χ0v) is 13.9. The van der Waals surface area contributed by atoms with E-state index in [1.165, 1.54) is 12.1 Å². The molecule has 0 unspecified atom stereocenters. The van der Waals surface area contributed by atoms with Crippen LogP contribution >= 0.6 is 23.2 Å². The predicted octanol–water partition coefficient (Wildman–Crippen LogP) is 4.99. The van der Waals surface area contributed by atoms with Gasteiger partial charge in [0, 0.05) is 12.2 Å². The van der Waals surface area contributed by atoms with Crippen LogP contribution in [0, 0.1) is 11.7 Å². The Morgan fingerprint density at radius 3 is 2.52 bits per heavy atom. The van der Waals surface area contributed by atoms with Crippen LogP contribution in [0.4, 0.5) is 4.39 Å². The number of halogens is 3. The van der Waals surface area contributed by atoms with Crippen molar-refractivity contribution in [2.75, 3.05) is 6.61 Å². The highest BCUT2D eigenvalue weighted by atomic mass is 35.5. The number of ether oxygens (including phenoxy) is 2. The molecular formula is C18H15Cl2FO2. The van der Waals surface area contributed by atoms with Crippen LogP contribution in [0.25, 0.3) is 0 Å². The maximum atomic E-state index is 13.2. The molecule has 0 bridgehead atoms. The van der Waals surface area contributed by atoms with E-state index in [-0.39, 0.29) is 17.8 Å². The fraction of sp³-hybridized carbons (Fsp3) is 0.333. The summed E-state index contributed by atoms with van der Waals surface area (Å²) in [5.74, 6) is 0.160. The number of benzene rings is 2. The average molecular weight is 353 g/mol. The third-order valence-corrected chi connectivity index (χ3v) is 5.69. The van der Waals surface area contributed by atoms with Gasteiger partial charge < -0.3 is 9.47 Å². The topological polar surface area (TPSA) is 18.5 Å². The van der Waals surface area contributed by atoms with Crippen LogP contribution in [0.15, 0.2) is 48.5 Å². The van der Waals surface area contributed by atoms with Gasteiger partial charge in [-0.25, -0.2) is 4.39 Å². The van der Waals surface area contributed by atoms with E-state index < -0.39 is 9.93 Å². The number of hydrogen-bond acceptors (Lipinski definition) is 2. The molecule has 1 aliphatic heterocycles. The van der Waals surface area contributed by atoms with Gasteiger partial charge in [0.25, 0.3) is 0 Å². The lowest BCUT2D eigenvalue weighted by Gasteiger charge is -2.31. The van der Waals surface area contributed by atoms with Gasteiger partial charge in [0.15, 0.2) is 4.33 Å². The van der Waals surface area contributed by atoms with Gasteiger partial charge in [0.05, 0.1) is 5.92 Å². The van der Waals surface area contributed by atoms with Crippen molar-refractivity contribution in [2.45, 2.75) is 23.0 Å². The molecule has 0 saturated heterocycles. The molecule has 1 fully saturated rings. The lowest BCUT2D eigenvalue weighted by atomic mass is 9.95. The van der Waals surface area contributed by atoms with E-state index in [4.69, 9.17) is 32.7 Å². The summed E-state index contributed by atoms with van der Waals surface area (Å²) in [5.41, 5.74) is 0.909.